The van der Waals surface area contributed by atoms with Gasteiger partial charge in [-0.2, -0.15) is 5.26 Å². The third-order valence-electron chi connectivity index (χ3n) is 2.18. The Hall–Kier alpha value is -2.13. The standard InChI is InChI=1S/C8H8N2O.C7H8BrNO/c1-2-11-8-7(6-9)4-3-5-10-8;1-2-10-7-6(8)4-3-5-9-7/h3-5H,2H2,1H3;3-5H,2H2,1H3. The van der Waals surface area contributed by atoms with Gasteiger partial charge in [0, 0.05) is 12.4 Å². The van der Waals surface area contributed by atoms with Crippen LogP contribution in [0.1, 0.15) is 19.4 Å². The first-order chi connectivity index (χ1) is 10.2. The molecule has 0 aliphatic rings. The van der Waals surface area contributed by atoms with E-state index in [1.807, 2.05) is 32.0 Å². The maximum atomic E-state index is 8.58. The van der Waals surface area contributed by atoms with Gasteiger partial charge < -0.3 is 9.47 Å². The summed E-state index contributed by atoms with van der Waals surface area (Å²) < 4.78 is 11.2. The van der Waals surface area contributed by atoms with E-state index in [4.69, 9.17) is 14.7 Å². The van der Waals surface area contributed by atoms with Crippen LogP contribution < -0.4 is 9.47 Å². The van der Waals surface area contributed by atoms with Crippen molar-refractivity contribution >= 4 is 15.9 Å². The van der Waals surface area contributed by atoms with Crippen molar-refractivity contribution in [2.24, 2.45) is 0 Å². The molecule has 0 radical (unpaired) electrons. The number of nitrogens with zero attached hydrogens (tertiary/aromatic N) is 3. The third kappa shape index (κ3) is 5.79. The van der Waals surface area contributed by atoms with E-state index in [0.29, 0.717) is 30.5 Å². The number of rotatable bonds is 4. The fourth-order valence-electron chi connectivity index (χ4n) is 1.34. The molecule has 0 saturated heterocycles. The van der Waals surface area contributed by atoms with Crippen molar-refractivity contribution in [1.82, 2.24) is 9.97 Å². The van der Waals surface area contributed by atoms with Crippen LogP contribution in [0.3, 0.4) is 0 Å². The summed E-state index contributed by atoms with van der Waals surface area (Å²) in [6, 6.07) is 9.14. The fraction of sp³-hybridized carbons (Fsp3) is 0.267. The van der Waals surface area contributed by atoms with Crippen LogP contribution in [0, 0.1) is 11.3 Å². The van der Waals surface area contributed by atoms with E-state index >= 15 is 0 Å². The Morgan fingerprint density at radius 1 is 1.05 bits per heavy atom. The maximum Gasteiger partial charge on any atom is 0.231 e. The fourth-order valence-corrected chi connectivity index (χ4v) is 1.71. The molecule has 0 bridgehead atoms. The highest BCUT2D eigenvalue weighted by Gasteiger charge is 2.00. The van der Waals surface area contributed by atoms with Gasteiger partial charge in [-0.3, -0.25) is 0 Å². The highest BCUT2D eigenvalue weighted by atomic mass is 79.9. The number of hydrogen-bond acceptors (Lipinski definition) is 5. The quantitative estimate of drug-likeness (QED) is 0.843. The minimum atomic E-state index is 0.414. The summed E-state index contributed by atoms with van der Waals surface area (Å²) in [5.74, 6) is 1.07. The summed E-state index contributed by atoms with van der Waals surface area (Å²) in [5.41, 5.74) is 0.481. The Labute approximate surface area is 132 Å². The lowest BCUT2D eigenvalue weighted by Crippen LogP contribution is -1.96. The molecule has 0 aromatic carbocycles. The minimum Gasteiger partial charge on any atom is -0.477 e. The molecule has 0 amide bonds. The molecule has 0 aliphatic heterocycles. The summed E-state index contributed by atoms with van der Waals surface area (Å²) in [6.45, 7) is 4.97. The first kappa shape index (κ1) is 16.9. The van der Waals surface area contributed by atoms with E-state index in [2.05, 4.69) is 25.9 Å². The zero-order chi connectivity index (χ0) is 15.5. The molecule has 0 saturated carbocycles. The molecule has 0 unspecified atom stereocenters. The molecule has 6 heteroatoms. The van der Waals surface area contributed by atoms with Crippen molar-refractivity contribution in [2.75, 3.05) is 13.2 Å². The summed E-state index contributed by atoms with van der Waals surface area (Å²) in [4.78, 5) is 7.89. The molecule has 0 atom stereocenters. The second-order valence-corrected chi connectivity index (χ2v) is 4.48. The smallest absolute Gasteiger partial charge is 0.231 e. The second kappa shape index (κ2) is 9.72. The molecular formula is C15H16BrN3O2. The van der Waals surface area contributed by atoms with Gasteiger partial charge in [0.25, 0.3) is 0 Å². The van der Waals surface area contributed by atoms with Crippen LogP contribution in [0.2, 0.25) is 0 Å². The lowest BCUT2D eigenvalue weighted by Gasteiger charge is -2.01. The Morgan fingerprint density at radius 2 is 1.62 bits per heavy atom. The zero-order valence-corrected chi connectivity index (χ0v) is 13.5. The minimum absolute atomic E-state index is 0.414. The van der Waals surface area contributed by atoms with Crippen LogP contribution in [0.5, 0.6) is 11.8 Å². The van der Waals surface area contributed by atoms with E-state index in [1.165, 1.54) is 0 Å². The molecule has 0 N–H and O–H groups in total. The Morgan fingerprint density at radius 3 is 2.19 bits per heavy atom. The van der Waals surface area contributed by atoms with Gasteiger partial charge in [0.15, 0.2) is 0 Å². The SMILES string of the molecule is CCOc1ncccc1Br.CCOc1ncccc1C#N. The number of aromatic nitrogens is 2. The van der Waals surface area contributed by atoms with Gasteiger partial charge in [-0.25, -0.2) is 9.97 Å². The van der Waals surface area contributed by atoms with E-state index in [9.17, 15) is 0 Å². The van der Waals surface area contributed by atoms with Gasteiger partial charge in [-0.05, 0) is 54.0 Å². The molecule has 110 valence electrons. The van der Waals surface area contributed by atoms with Crippen molar-refractivity contribution in [3.63, 3.8) is 0 Å². The van der Waals surface area contributed by atoms with Crippen molar-refractivity contribution in [1.29, 1.82) is 5.26 Å². The monoisotopic (exact) mass is 349 g/mol. The van der Waals surface area contributed by atoms with Gasteiger partial charge in [0.1, 0.15) is 11.6 Å². The van der Waals surface area contributed by atoms with E-state index in [0.717, 1.165) is 4.47 Å². The van der Waals surface area contributed by atoms with Gasteiger partial charge in [0.05, 0.1) is 17.7 Å². The molecule has 2 heterocycles. The van der Waals surface area contributed by atoms with Gasteiger partial charge in [-0.1, -0.05) is 0 Å². The van der Waals surface area contributed by atoms with Crippen LogP contribution in [-0.2, 0) is 0 Å². The third-order valence-corrected chi connectivity index (χ3v) is 2.78. The second-order valence-electron chi connectivity index (χ2n) is 3.62. The maximum absolute atomic E-state index is 8.58. The zero-order valence-electron chi connectivity index (χ0n) is 11.9. The summed E-state index contributed by atoms with van der Waals surface area (Å²) in [6.07, 6.45) is 3.31. The molecular weight excluding hydrogens is 334 g/mol. The van der Waals surface area contributed by atoms with Crippen molar-refractivity contribution in [3.8, 4) is 17.8 Å². The Kier molecular flexibility index (Phi) is 7.84. The highest BCUT2D eigenvalue weighted by molar-refractivity contribution is 9.10. The molecule has 0 fully saturated rings. The molecule has 0 aliphatic carbocycles. The first-order valence-corrected chi connectivity index (χ1v) is 7.23. The first-order valence-electron chi connectivity index (χ1n) is 6.44. The normalized spacial score (nSPS) is 9.05. The van der Waals surface area contributed by atoms with Crippen LogP contribution >= 0.6 is 15.9 Å². The molecule has 2 aromatic rings. The van der Waals surface area contributed by atoms with Crippen LogP contribution in [0.25, 0.3) is 0 Å². The topological polar surface area (TPSA) is 68.0 Å². The van der Waals surface area contributed by atoms with Crippen molar-refractivity contribution < 1.29 is 9.47 Å². The van der Waals surface area contributed by atoms with E-state index < -0.39 is 0 Å². The van der Waals surface area contributed by atoms with E-state index in [1.54, 1.807) is 24.5 Å². The van der Waals surface area contributed by atoms with Gasteiger partial charge in [-0.15, -0.1) is 0 Å². The summed E-state index contributed by atoms with van der Waals surface area (Å²) in [7, 11) is 0. The predicted octanol–water partition coefficient (Wildman–Crippen LogP) is 3.59. The summed E-state index contributed by atoms with van der Waals surface area (Å²) in [5, 5.41) is 8.58. The van der Waals surface area contributed by atoms with Gasteiger partial charge >= 0.3 is 0 Å². The van der Waals surface area contributed by atoms with E-state index in [-0.39, 0.29) is 0 Å². The highest BCUT2D eigenvalue weighted by Crippen LogP contribution is 2.20. The average Bonchev–Trinajstić information content (AvgIpc) is 2.51. The lowest BCUT2D eigenvalue weighted by atomic mass is 10.3. The Bertz CT molecular complexity index is 599. The molecule has 21 heavy (non-hydrogen) atoms. The van der Waals surface area contributed by atoms with Crippen LogP contribution in [0.15, 0.2) is 41.1 Å². The molecule has 5 nitrogen and oxygen atoms in total. The average molecular weight is 350 g/mol. The number of halogens is 1. The largest absolute Gasteiger partial charge is 0.477 e. The number of hydrogen-bond donors (Lipinski definition) is 0. The van der Waals surface area contributed by atoms with Crippen molar-refractivity contribution in [2.45, 2.75) is 13.8 Å². The molecule has 2 aromatic heterocycles. The predicted molar refractivity (Wildman–Crippen MR) is 83.2 cm³/mol. The molecule has 2 rings (SSSR count). The number of nitriles is 1. The number of pyridine rings is 2. The van der Waals surface area contributed by atoms with Crippen LogP contribution in [-0.4, -0.2) is 23.2 Å². The number of ether oxygens (including phenoxy) is 2. The Balaban J connectivity index is 0.000000211. The summed E-state index contributed by atoms with van der Waals surface area (Å²) >= 11 is 3.31. The lowest BCUT2D eigenvalue weighted by molar-refractivity contribution is 0.324. The van der Waals surface area contributed by atoms with Gasteiger partial charge in [0.2, 0.25) is 11.8 Å². The van der Waals surface area contributed by atoms with Crippen molar-refractivity contribution in [3.05, 3.63) is 46.7 Å². The molecule has 0 spiro atoms. The van der Waals surface area contributed by atoms with Crippen LogP contribution in [0.4, 0.5) is 0 Å².